The second-order valence-electron chi connectivity index (χ2n) is 5.22. The Bertz CT molecular complexity index is 451. The van der Waals surface area contributed by atoms with Crippen LogP contribution < -0.4 is 15.8 Å². The zero-order valence-corrected chi connectivity index (χ0v) is 11.9. The highest BCUT2D eigenvalue weighted by Gasteiger charge is 2.12. The molecule has 0 aliphatic carbocycles. The summed E-state index contributed by atoms with van der Waals surface area (Å²) in [6.07, 6.45) is 6.54. The quantitative estimate of drug-likeness (QED) is 0.869. The van der Waals surface area contributed by atoms with E-state index in [1.165, 1.54) is 19.3 Å². The molecule has 2 heterocycles. The molecular weight excluding hydrogens is 240 g/mol. The second-order valence-corrected chi connectivity index (χ2v) is 5.22. The molecule has 5 heteroatoms. The molecule has 1 saturated heterocycles. The van der Waals surface area contributed by atoms with E-state index in [-0.39, 0.29) is 5.56 Å². The molecule has 0 saturated carbocycles. The van der Waals surface area contributed by atoms with Gasteiger partial charge in [-0.1, -0.05) is 6.42 Å². The van der Waals surface area contributed by atoms with E-state index in [4.69, 9.17) is 0 Å². The van der Waals surface area contributed by atoms with Crippen molar-refractivity contribution in [2.75, 3.05) is 25.0 Å². The fourth-order valence-corrected chi connectivity index (χ4v) is 2.43. The predicted octanol–water partition coefficient (Wildman–Crippen LogP) is 1.23. The van der Waals surface area contributed by atoms with Crippen LogP contribution in [0.5, 0.6) is 0 Å². The summed E-state index contributed by atoms with van der Waals surface area (Å²) in [5, 5.41) is 7.76. The molecule has 2 rings (SSSR count). The van der Waals surface area contributed by atoms with Gasteiger partial charge in [-0.15, -0.1) is 0 Å². The van der Waals surface area contributed by atoms with Crippen LogP contribution in [0.2, 0.25) is 0 Å². The monoisotopic (exact) mass is 264 g/mol. The van der Waals surface area contributed by atoms with Crippen LogP contribution >= 0.6 is 0 Å². The maximum atomic E-state index is 12.0. The van der Waals surface area contributed by atoms with Gasteiger partial charge in [-0.2, -0.15) is 5.10 Å². The highest BCUT2D eigenvalue weighted by Crippen LogP contribution is 2.11. The first-order chi connectivity index (χ1) is 9.20. The first-order valence-corrected chi connectivity index (χ1v) is 7.22. The van der Waals surface area contributed by atoms with Gasteiger partial charge < -0.3 is 10.2 Å². The van der Waals surface area contributed by atoms with Gasteiger partial charge in [-0.3, -0.25) is 4.79 Å². The molecular formula is C14H24N4O. The van der Waals surface area contributed by atoms with E-state index < -0.39 is 0 Å². The Morgan fingerprint density at radius 1 is 1.53 bits per heavy atom. The normalized spacial score (nSPS) is 19.4. The maximum Gasteiger partial charge on any atom is 0.268 e. The predicted molar refractivity (Wildman–Crippen MR) is 77.7 cm³/mol. The van der Waals surface area contributed by atoms with Crippen LogP contribution in [0, 0.1) is 0 Å². The number of anilines is 1. The Balaban J connectivity index is 1.95. The lowest BCUT2D eigenvalue weighted by molar-refractivity contribution is 0.357. The van der Waals surface area contributed by atoms with Crippen LogP contribution in [0.3, 0.4) is 0 Å². The minimum Gasteiger partial charge on any atom is -0.373 e. The maximum absolute atomic E-state index is 12.0. The first-order valence-electron chi connectivity index (χ1n) is 7.22. The van der Waals surface area contributed by atoms with E-state index in [2.05, 4.69) is 17.3 Å². The van der Waals surface area contributed by atoms with Crippen LogP contribution in [-0.4, -0.2) is 36.0 Å². The minimum atomic E-state index is -0.00592. The third-order valence-electron chi connectivity index (χ3n) is 3.87. The number of nitrogens with zero attached hydrogens (tertiary/aromatic N) is 3. The number of hydrogen-bond donors (Lipinski definition) is 1. The van der Waals surface area contributed by atoms with Gasteiger partial charge in [0.1, 0.15) is 0 Å². The number of piperidine rings is 1. The molecule has 0 amide bonds. The van der Waals surface area contributed by atoms with Gasteiger partial charge in [-0.05, 0) is 32.7 Å². The van der Waals surface area contributed by atoms with E-state index in [0.29, 0.717) is 12.6 Å². The van der Waals surface area contributed by atoms with Crippen molar-refractivity contribution in [1.29, 1.82) is 0 Å². The van der Waals surface area contributed by atoms with E-state index in [9.17, 15) is 4.79 Å². The third kappa shape index (κ3) is 3.80. The molecule has 1 fully saturated rings. The van der Waals surface area contributed by atoms with Gasteiger partial charge in [0.05, 0.1) is 11.9 Å². The van der Waals surface area contributed by atoms with Crippen molar-refractivity contribution in [3.8, 4) is 0 Å². The lowest BCUT2D eigenvalue weighted by atomic mass is 10.0. The summed E-state index contributed by atoms with van der Waals surface area (Å²) in [6.45, 7) is 4.73. The fraction of sp³-hybridized carbons (Fsp3) is 0.714. The molecule has 1 aliphatic heterocycles. The lowest BCUT2D eigenvalue weighted by Gasteiger charge is -2.23. The van der Waals surface area contributed by atoms with Crippen LogP contribution in [0.15, 0.2) is 17.1 Å². The van der Waals surface area contributed by atoms with Crippen molar-refractivity contribution >= 4 is 5.69 Å². The summed E-state index contributed by atoms with van der Waals surface area (Å²) in [6, 6.07) is 2.21. The summed E-state index contributed by atoms with van der Waals surface area (Å²) in [5.41, 5.74) is 0.883. The zero-order valence-electron chi connectivity index (χ0n) is 11.9. The Morgan fingerprint density at radius 3 is 3.00 bits per heavy atom. The molecule has 5 nitrogen and oxygen atoms in total. The van der Waals surface area contributed by atoms with E-state index >= 15 is 0 Å². The fourth-order valence-electron chi connectivity index (χ4n) is 2.43. The third-order valence-corrected chi connectivity index (χ3v) is 3.87. The molecule has 0 radical (unpaired) electrons. The van der Waals surface area contributed by atoms with Gasteiger partial charge in [0.2, 0.25) is 0 Å². The van der Waals surface area contributed by atoms with Gasteiger partial charge in [0.25, 0.3) is 5.56 Å². The summed E-state index contributed by atoms with van der Waals surface area (Å²) < 4.78 is 1.57. The molecule has 1 aliphatic rings. The largest absolute Gasteiger partial charge is 0.373 e. The summed E-state index contributed by atoms with van der Waals surface area (Å²) >= 11 is 0. The molecule has 1 atom stereocenters. The van der Waals surface area contributed by atoms with Crippen molar-refractivity contribution in [3.63, 3.8) is 0 Å². The van der Waals surface area contributed by atoms with Gasteiger partial charge >= 0.3 is 0 Å². The number of aryl methyl sites for hydroxylation is 1. The Hall–Kier alpha value is -1.36. The molecule has 1 N–H and O–H groups in total. The molecule has 1 aromatic rings. The van der Waals surface area contributed by atoms with Crippen molar-refractivity contribution in [2.24, 2.45) is 0 Å². The van der Waals surface area contributed by atoms with Crippen molar-refractivity contribution in [2.45, 2.75) is 45.2 Å². The number of rotatable bonds is 5. The van der Waals surface area contributed by atoms with E-state index in [1.54, 1.807) is 16.9 Å². The van der Waals surface area contributed by atoms with Crippen molar-refractivity contribution in [1.82, 2.24) is 15.1 Å². The highest BCUT2D eigenvalue weighted by atomic mass is 16.1. The number of hydrogen-bond acceptors (Lipinski definition) is 4. The van der Waals surface area contributed by atoms with Crippen molar-refractivity contribution in [3.05, 3.63) is 22.6 Å². The van der Waals surface area contributed by atoms with Crippen LogP contribution in [0.1, 0.15) is 32.6 Å². The van der Waals surface area contributed by atoms with Gasteiger partial charge in [-0.25, -0.2) is 4.68 Å². The van der Waals surface area contributed by atoms with Gasteiger partial charge in [0.15, 0.2) is 0 Å². The Morgan fingerprint density at radius 2 is 2.37 bits per heavy atom. The Labute approximate surface area is 114 Å². The summed E-state index contributed by atoms with van der Waals surface area (Å²) in [4.78, 5) is 14.0. The summed E-state index contributed by atoms with van der Waals surface area (Å²) in [5.74, 6) is 0. The SMILES string of the molecule is CCN(C)c1cnn(CCC2CCCCN2)c(=O)c1. The van der Waals surface area contributed by atoms with E-state index in [1.807, 2.05) is 11.9 Å². The first kappa shape index (κ1) is 14.1. The standard InChI is InChI=1S/C14H24N4O/c1-3-17(2)13-10-14(19)18(16-11-13)9-7-12-6-4-5-8-15-12/h10-12,15H,3-9H2,1-2H3. The molecule has 1 unspecified atom stereocenters. The van der Waals surface area contributed by atoms with Crippen molar-refractivity contribution < 1.29 is 0 Å². The number of nitrogens with one attached hydrogen (secondary N) is 1. The molecule has 106 valence electrons. The molecule has 19 heavy (non-hydrogen) atoms. The molecule has 0 spiro atoms. The molecule has 0 bridgehead atoms. The van der Waals surface area contributed by atoms with Gasteiger partial charge in [0, 0.05) is 32.2 Å². The lowest BCUT2D eigenvalue weighted by Crippen LogP contribution is -2.36. The average Bonchev–Trinajstić information content (AvgIpc) is 2.46. The van der Waals surface area contributed by atoms with E-state index in [0.717, 1.165) is 25.2 Å². The summed E-state index contributed by atoms with van der Waals surface area (Å²) in [7, 11) is 1.97. The minimum absolute atomic E-state index is 0.00592. The highest BCUT2D eigenvalue weighted by molar-refractivity contribution is 5.41. The van der Waals surface area contributed by atoms with Crippen LogP contribution in [0.4, 0.5) is 5.69 Å². The second kappa shape index (κ2) is 6.70. The topological polar surface area (TPSA) is 50.2 Å². The van der Waals surface area contributed by atoms with Crippen LogP contribution in [0.25, 0.3) is 0 Å². The Kier molecular flexibility index (Phi) is 4.96. The zero-order chi connectivity index (χ0) is 13.7. The number of aromatic nitrogens is 2. The molecule has 0 aromatic carbocycles. The molecule has 1 aromatic heterocycles. The smallest absolute Gasteiger partial charge is 0.268 e. The average molecular weight is 264 g/mol. The van der Waals surface area contributed by atoms with Crippen LogP contribution in [-0.2, 0) is 6.54 Å².